The fourth-order valence-electron chi connectivity index (χ4n) is 1.46. The predicted octanol–water partition coefficient (Wildman–Crippen LogP) is 2.30. The Bertz CT molecular complexity index is 376. The van der Waals surface area contributed by atoms with Crippen molar-refractivity contribution in [1.29, 1.82) is 0 Å². The van der Waals surface area contributed by atoms with Crippen molar-refractivity contribution in [2.45, 2.75) is 20.3 Å². The Morgan fingerprint density at radius 1 is 1.53 bits per heavy atom. The lowest BCUT2D eigenvalue weighted by molar-refractivity contribution is 0.0982. The maximum Gasteiger partial charge on any atom is 0.168 e. The van der Waals surface area contributed by atoms with E-state index >= 15 is 0 Å². The Hall–Kier alpha value is -0.870. The van der Waals surface area contributed by atoms with Crippen LogP contribution in [0.15, 0.2) is 10.5 Å². The minimum atomic E-state index is -0.114. The van der Waals surface area contributed by atoms with Crippen molar-refractivity contribution in [1.82, 2.24) is 0 Å². The Kier molecular flexibility index (Phi) is 3.88. The van der Waals surface area contributed by atoms with Crippen molar-refractivity contribution in [2.75, 3.05) is 6.54 Å². The summed E-state index contributed by atoms with van der Waals surface area (Å²) in [6.07, 6.45) is 0.254. The van der Waals surface area contributed by atoms with Crippen molar-refractivity contribution in [3.63, 3.8) is 0 Å². The van der Waals surface area contributed by atoms with E-state index in [4.69, 9.17) is 5.73 Å². The molecular formula is C11H14BrNO2. The molecule has 0 aliphatic rings. The number of hydrogen-bond acceptors (Lipinski definition) is 3. The summed E-state index contributed by atoms with van der Waals surface area (Å²) in [5.41, 5.74) is 7.16. The number of benzene rings is 1. The zero-order chi connectivity index (χ0) is 11.6. The van der Waals surface area contributed by atoms with E-state index in [1.807, 2.05) is 0 Å². The fourth-order valence-corrected chi connectivity index (χ4v) is 2.00. The molecule has 0 aromatic heterocycles. The highest BCUT2D eigenvalue weighted by Crippen LogP contribution is 2.32. The van der Waals surface area contributed by atoms with E-state index < -0.39 is 0 Å². The lowest BCUT2D eigenvalue weighted by Crippen LogP contribution is -2.10. The van der Waals surface area contributed by atoms with Crippen molar-refractivity contribution < 1.29 is 9.90 Å². The summed E-state index contributed by atoms with van der Waals surface area (Å²) in [6.45, 7) is 3.86. The van der Waals surface area contributed by atoms with Crippen LogP contribution in [0.3, 0.4) is 0 Å². The Labute approximate surface area is 97.4 Å². The molecule has 0 radical (unpaired) electrons. The van der Waals surface area contributed by atoms with Crippen LogP contribution in [0.1, 0.15) is 27.9 Å². The first-order chi connectivity index (χ1) is 6.99. The van der Waals surface area contributed by atoms with Crippen LogP contribution in [-0.2, 0) is 0 Å². The van der Waals surface area contributed by atoms with Crippen LogP contribution in [0.5, 0.6) is 5.75 Å². The highest BCUT2D eigenvalue weighted by molar-refractivity contribution is 9.10. The molecule has 0 aliphatic carbocycles. The standard InChI is InChI=1S/C11H14BrNO2/c1-6-5-8(12)7(2)10(11(6)15)9(14)3-4-13/h5,15H,3-4,13H2,1-2H3. The van der Waals surface area contributed by atoms with Crippen LogP contribution in [0.4, 0.5) is 0 Å². The van der Waals surface area contributed by atoms with E-state index in [0.717, 1.165) is 10.0 Å². The molecule has 1 rings (SSSR count). The summed E-state index contributed by atoms with van der Waals surface area (Å²) < 4.78 is 0.832. The number of halogens is 1. The van der Waals surface area contributed by atoms with Gasteiger partial charge in [-0.2, -0.15) is 0 Å². The summed E-state index contributed by atoms with van der Waals surface area (Å²) in [6, 6.07) is 1.80. The van der Waals surface area contributed by atoms with Crippen molar-refractivity contribution in [3.8, 4) is 5.75 Å². The second-order valence-corrected chi connectivity index (χ2v) is 4.34. The summed E-state index contributed by atoms with van der Waals surface area (Å²) in [5.74, 6) is -0.0500. The van der Waals surface area contributed by atoms with E-state index in [2.05, 4.69) is 15.9 Å². The van der Waals surface area contributed by atoms with E-state index in [1.54, 1.807) is 19.9 Å². The molecule has 15 heavy (non-hydrogen) atoms. The van der Waals surface area contributed by atoms with Crippen LogP contribution < -0.4 is 5.73 Å². The number of aryl methyl sites for hydroxylation is 1. The average molecular weight is 272 g/mol. The zero-order valence-electron chi connectivity index (χ0n) is 8.80. The molecule has 0 saturated carbocycles. The van der Waals surface area contributed by atoms with Gasteiger partial charge in [-0.05, 0) is 37.6 Å². The number of hydrogen-bond donors (Lipinski definition) is 2. The van der Waals surface area contributed by atoms with Gasteiger partial charge in [0, 0.05) is 10.9 Å². The minimum Gasteiger partial charge on any atom is -0.507 e. The van der Waals surface area contributed by atoms with Crippen LogP contribution in [-0.4, -0.2) is 17.4 Å². The van der Waals surface area contributed by atoms with Crippen LogP contribution in [0, 0.1) is 13.8 Å². The maximum absolute atomic E-state index is 11.7. The highest BCUT2D eigenvalue weighted by Gasteiger charge is 2.17. The van der Waals surface area contributed by atoms with Gasteiger partial charge >= 0.3 is 0 Å². The third-order valence-corrected chi connectivity index (χ3v) is 3.16. The van der Waals surface area contributed by atoms with Gasteiger partial charge in [-0.25, -0.2) is 0 Å². The third kappa shape index (κ3) is 2.38. The van der Waals surface area contributed by atoms with Gasteiger partial charge in [-0.15, -0.1) is 0 Å². The maximum atomic E-state index is 11.7. The summed E-state index contributed by atoms with van der Waals surface area (Å²) in [4.78, 5) is 11.7. The second kappa shape index (κ2) is 4.77. The first-order valence-electron chi connectivity index (χ1n) is 4.71. The van der Waals surface area contributed by atoms with Gasteiger partial charge in [0.05, 0.1) is 5.56 Å². The van der Waals surface area contributed by atoms with Gasteiger partial charge in [0.2, 0.25) is 0 Å². The van der Waals surface area contributed by atoms with Gasteiger partial charge in [0.1, 0.15) is 5.75 Å². The van der Waals surface area contributed by atoms with Gasteiger partial charge in [0.25, 0.3) is 0 Å². The average Bonchev–Trinajstić information content (AvgIpc) is 2.16. The number of ketones is 1. The molecule has 4 heteroatoms. The Balaban J connectivity index is 3.32. The smallest absolute Gasteiger partial charge is 0.168 e. The first-order valence-corrected chi connectivity index (χ1v) is 5.50. The Morgan fingerprint density at radius 3 is 2.67 bits per heavy atom. The van der Waals surface area contributed by atoms with Crippen LogP contribution in [0.2, 0.25) is 0 Å². The molecule has 0 spiro atoms. The molecular weight excluding hydrogens is 258 g/mol. The molecule has 1 aromatic rings. The van der Waals surface area contributed by atoms with Gasteiger partial charge in [-0.3, -0.25) is 4.79 Å². The molecule has 3 N–H and O–H groups in total. The molecule has 1 aromatic carbocycles. The summed E-state index contributed by atoms with van der Waals surface area (Å²) >= 11 is 3.36. The monoisotopic (exact) mass is 271 g/mol. The highest BCUT2D eigenvalue weighted by atomic mass is 79.9. The molecule has 0 atom stereocenters. The number of phenols is 1. The summed E-state index contributed by atoms with van der Waals surface area (Å²) in [7, 11) is 0. The molecule has 0 saturated heterocycles. The van der Waals surface area contributed by atoms with Gasteiger partial charge in [-0.1, -0.05) is 15.9 Å². The number of rotatable bonds is 3. The number of carbonyl (C=O) groups is 1. The van der Waals surface area contributed by atoms with Crippen molar-refractivity contribution in [3.05, 3.63) is 27.2 Å². The fraction of sp³-hybridized carbons (Fsp3) is 0.364. The SMILES string of the molecule is Cc1cc(Br)c(C)c(C(=O)CCN)c1O. The lowest BCUT2D eigenvalue weighted by Gasteiger charge is -2.11. The Morgan fingerprint density at radius 2 is 2.13 bits per heavy atom. The van der Waals surface area contributed by atoms with Gasteiger partial charge < -0.3 is 10.8 Å². The zero-order valence-corrected chi connectivity index (χ0v) is 10.4. The quantitative estimate of drug-likeness (QED) is 0.830. The topological polar surface area (TPSA) is 63.3 Å². The number of aromatic hydroxyl groups is 1. The molecule has 0 fully saturated rings. The van der Waals surface area contributed by atoms with E-state index in [0.29, 0.717) is 17.7 Å². The minimum absolute atomic E-state index is 0.0640. The second-order valence-electron chi connectivity index (χ2n) is 3.49. The number of phenolic OH excluding ortho intramolecular Hbond substituents is 1. The van der Waals surface area contributed by atoms with Crippen molar-refractivity contribution in [2.24, 2.45) is 5.73 Å². The third-order valence-electron chi connectivity index (χ3n) is 2.34. The molecule has 82 valence electrons. The predicted molar refractivity (Wildman–Crippen MR) is 63.3 cm³/mol. The van der Waals surface area contributed by atoms with E-state index in [-0.39, 0.29) is 18.0 Å². The number of carbonyl (C=O) groups excluding carboxylic acids is 1. The molecule has 0 bridgehead atoms. The molecule has 0 amide bonds. The molecule has 3 nitrogen and oxygen atoms in total. The van der Waals surface area contributed by atoms with Crippen LogP contribution in [0.25, 0.3) is 0 Å². The number of nitrogens with two attached hydrogens (primary N) is 1. The van der Waals surface area contributed by atoms with E-state index in [9.17, 15) is 9.90 Å². The largest absolute Gasteiger partial charge is 0.507 e. The lowest BCUT2D eigenvalue weighted by atomic mass is 9.98. The van der Waals surface area contributed by atoms with Crippen LogP contribution >= 0.6 is 15.9 Å². The first kappa shape index (κ1) is 12.2. The molecule has 0 heterocycles. The van der Waals surface area contributed by atoms with Gasteiger partial charge in [0.15, 0.2) is 5.78 Å². The van der Waals surface area contributed by atoms with Crippen molar-refractivity contribution >= 4 is 21.7 Å². The molecule has 0 unspecified atom stereocenters. The number of Topliss-reactive ketones (excluding diaryl/α,β-unsaturated/α-hetero) is 1. The summed E-state index contributed by atoms with van der Waals surface area (Å²) in [5, 5.41) is 9.82. The van der Waals surface area contributed by atoms with E-state index in [1.165, 1.54) is 0 Å². The normalized spacial score (nSPS) is 10.4. The molecule has 0 aliphatic heterocycles.